The molecule has 0 N–H and O–H groups in total. The van der Waals surface area contributed by atoms with Gasteiger partial charge in [-0.25, -0.2) is 13.0 Å². The molecule has 102 valence electrons. The van der Waals surface area contributed by atoms with Crippen LogP contribution in [0.2, 0.25) is 0 Å². The number of rotatable bonds is 3. The van der Waals surface area contributed by atoms with Crippen LogP contribution in [0.1, 0.15) is 11.1 Å². The molecule has 3 aromatic rings. The lowest BCUT2D eigenvalue weighted by Gasteiger charge is -2.05. The zero-order valence-corrected chi connectivity index (χ0v) is 11.6. The first-order valence-electron chi connectivity index (χ1n) is 6.06. The van der Waals surface area contributed by atoms with E-state index in [2.05, 4.69) is 14.9 Å². The molecule has 0 unspecified atom stereocenters. The highest BCUT2D eigenvalue weighted by atomic mass is 32.2. The fourth-order valence-electron chi connectivity index (χ4n) is 2.09. The third-order valence-corrected chi connectivity index (χ3v) is 4.83. The summed E-state index contributed by atoms with van der Waals surface area (Å²) in [5.41, 5.74) is 2.35. The topological polar surface area (TPSA) is 73.1 Å². The molecule has 0 aliphatic carbocycles. The standard InChI is InChI=1S/C14H12N2O3S/c1-10-7-8-12(14-13(10)15-19-16-14)20(17,18)9-11-5-3-2-4-6-11/h2-8H,9H2,1H3. The molecule has 0 aliphatic heterocycles. The van der Waals surface area contributed by atoms with Crippen molar-refractivity contribution in [3.63, 3.8) is 0 Å². The van der Waals surface area contributed by atoms with Crippen molar-refractivity contribution in [3.8, 4) is 0 Å². The first-order chi connectivity index (χ1) is 9.58. The number of fused-ring (bicyclic) bond motifs is 1. The number of aryl methyl sites for hydroxylation is 1. The quantitative estimate of drug-likeness (QED) is 0.740. The first kappa shape index (κ1) is 12.8. The Morgan fingerprint density at radius 1 is 1.00 bits per heavy atom. The minimum absolute atomic E-state index is 0.0706. The minimum Gasteiger partial charge on any atom is -0.243 e. The molecule has 3 rings (SSSR count). The number of sulfone groups is 1. The van der Waals surface area contributed by atoms with E-state index in [0.717, 1.165) is 11.1 Å². The van der Waals surface area contributed by atoms with Gasteiger partial charge in [0.15, 0.2) is 15.4 Å². The van der Waals surface area contributed by atoms with E-state index >= 15 is 0 Å². The lowest BCUT2D eigenvalue weighted by Crippen LogP contribution is -2.06. The summed E-state index contributed by atoms with van der Waals surface area (Å²) in [5.74, 6) is -0.0706. The Morgan fingerprint density at radius 3 is 2.45 bits per heavy atom. The van der Waals surface area contributed by atoms with E-state index in [1.807, 2.05) is 25.1 Å². The highest BCUT2D eigenvalue weighted by Crippen LogP contribution is 2.25. The SMILES string of the molecule is Cc1ccc(S(=O)(=O)Cc2ccccc2)c2nonc12. The highest BCUT2D eigenvalue weighted by molar-refractivity contribution is 7.90. The second-order valence-electron chi connectivity index (χ2n) is 4.59. The molecule has 0 bridgehead atoms. The molecule has 0 radical (unpaired) electrons. The number of benzene rings is 2. The third-order valence-electron chi connectivity index (χ3n) is 3.11. The summed E-state index contributed by atoms with van der Waals surface area (Å²) >= 11 is 0. The van der Waals surface area contributed by atoms with Gasteiger partial charge in [0, 0.05) is 0 Å². The van der Waals surface area contributed by atoms with Crippen LogP contribution < -0.4 is 0 Å². The van der Waals surface area contributed by atoms with E-state index in [1.165, 1.54) is 0 Å². The summed E-state index contributed by atoms with van der Waals surface area (Å²) in [6, 6.07) is 12.3. The Labute approximate surface area is 116 Å². The van der Waals surface area contributed by atoms with E-state index < -0.39 is 9.84 Å². The van der Waals surface area contributed by atoms with Gasteiger partial charge in [-0.3, -0.25) is 0 Å². The summed E-state index contributed by atoms with van der Waals surface area (Å²) in [4.78, 5) is 0.156. The molecule has 0 fully saturated rings. The van der Waals surface area contributed by atoms with Crippen LogP contribution in [-0.4, -0.2) is 18.7 Å². The zero-order chi connectivity index (χ0) is 14.2. The largest absolute Gasteiger partial charge is 0.243 e. The van der Waals surface area contributed by atoms with E-state index in [-0.39, 0.29) is 10.6 Å². The second-order valence-corrected chi connectivity index (χ2v) is 6.54. The Hall–Kier alpha value is -2.21. The molecule has 1 aromatic heterocycles. The molecule has 0 saturated carbocycles. The first-order valence-corrected chi connectivity index (χ1v) is 7.72. The molecule has 0 amide bonds. The molecule has 0 atom stereocenters. The van der Waals surface area contributed by atoms with E-state index in [4.69, 9.17) is 0 Å². The Morgan fingerprint density at radius 2 is 1.70 bits per heavy atom. The Balaban J connectivity index is 2.10. The molecule has 0 spiro atoms. The monoisotopic (exact) mass is 288 g/mol. The Kier molecular flexibility index (Phi) is 3.02. The van der Waals surface area contributed by atoms with Crippen molar-refractivity contribution in [1.29, 1.82) is 0 Å². The normalized spacial score (nSPS) is 11.8. The predicted octanol–water partition coefficient (Wildman–Crippen LogP) is 2.51. The fourth-order valence-corrected chi connectivity index (χ4v) is 3.58. The summed E-state index contributed by atoms with van der Waals surface area (Å²) in [7, 11) is -3.49. The maximum atomic E-state index is 12.5. The third kappa shape index (κ3) is 2.18. The number of hydrogen-bond acceptors (Lipinski definition) is 5. The summed E-state index contributed by atoms with van der Waals surface area (Å²) in [5, 5.41) is 7.47. The van der Waals surface area contributed by atoms with Gasteiger partial charge in [-0.05, 0) is 34.4 Å². The average Bonchev–Trinajstić information content (AvgIpc) is 2.89. The summed E-state index contributed by atoms with van der Waals surface area (Å²) < 4.78 is 29.7. The van der Waals surface area contributed by atoms with Gasteiger partial charge in [0.25, 0.3) is 0 Å². The number of hydrogen-bond donors (Lipinski definition) is 0. The van der Waals surface area contributed by atoms with Crippen molar-refractivity contribution in [1.82, 2.24) is 10.3 Å². The van der Waals surface area contributed by atoms with Crippen LogP contribution in [0.3, 0.4) is 0 Å². The minimum atomic E-state index is -3.49. The molecule has 6 heteroatoms. The lowest BCUT2D eigenvalue weighted by molar-refractivity contribution is 0.315. The maximum absolute atomic E-state index is 12.5. The van der Waals surface area contributed by atoms with Crippen LogP contribution in [0.5, 0.6) is 0 Å². The molecule has 1 heterocycles. The van der Waals surface area contributed by atoms with E-state index in [1.54, 1.807) is 24.3 Å². The summed E-state index contributed by atoms with van der Waals surface area (Å²) in [6.07, 6.45) is 0. The molecule has 0 aliphatic rings. The van der Waals surface area contributed by atoms with Gasteiger partial charge in [-0.1, -0.05) is 36.4 Å². The highest BCUT2D eigenvalue weighted by Gasteiger charge is 2.21. The van der Waals surface area contributed by atoms with E-state index in [0.29, 0.717) is 11.0 Å². The van der Waals surface area contributed by atoms with Gasteiger partial charge in [-0.15, -0.1) is 0 Å². The zero-order valence-electron chi connectivity index (χ0n) is 10.8. The van der Waals surface area contributed by atoms with Crippen LogP contribution >= 0.6 is 0 Å². The van der Waals surface area contributed by atoms with Gasteiger partial charge >= 0.3 is 0 Å². The molecule has 0 saturated heterocycles. The van der Waals surface area contributed by atoms with Crippen LogP contribution in [-0.2, 0) is 15.6 Å². The van der Waals surface area contributed by atoms with Gasteiger partial charge in [-0.2, -0.15) is 0 Å². The van der Waals surface area contributed by atoms with Crippen LogP contribution in [0.15, 0.2) is 52.0 Å². The Bertz CT molecular complexity index is 855. The van der Waals surface area contributed by atoms with Crippen molar-refractivity contribution in [2.75, 3.05) is 0 Å². The van der Waals surface area contributed by atoms with Crippen molar-refractivity contribution in [2.24, 2.45) is 0 Å². The average molecular weight is 288 g/mol. The molecule has 20 heavy (non-hydrogen) atoms. The van der Waals surface area contributed by atoms with E-state index in [9.17, 15) is 8.42 Å². The van der Waals surface area contributed by atoms with Crippen molar-refractivity contribution < 1.29 is 13.0 Å². The van der Waals surface area contributed by atoms with Crippen molar-refractivity contribution in [3.05, 3.63) is 53.6 Å². The summed E-state index contributed by atoms with van der Waals surface area (Å²) in [6.45, 7) is 1.83. The number of aromatic nitrogens is 2. The fraction of sp³-hybridized carbons (Fsp3) is 0.143. The molecule has 2 aromatic carbocycles. The lowest BCUT2D eigenvalue weighted by atomic mass is 10.2. The van der Waals surface area contributed by atoms with Crippen molar-refractivity contribution in [2.45, 2.75) is 17.6 Å². The van der Waals surface area contributed by atoms with Crippen LogP contribution in [0.4, 0.5) is 0 Å². The number of nitrogens with zero attached hydrogens (tertiary/aromatic N) is 2. The van der Waals surface area contributed by atoms with Crippen molar-refractivity contribution >= 4 is 20.9 Å². The molecular weight excluding hydrogens is 276 g/mol. The molecular formula is C14H12N2O3S. The molecule has 5 nitrogen and oxygen atoms in total. The van der Waals surface area contributed by atoms with Gasteiger partial charge in [0.2, 0.25) is 0 Å². The van der Waals surface area contributed by atoms with Crippen LogP contribution in [0.25, 0.3) is 11.0 Å². The predicted molar refractivity (Wildman–Crippen MR) is 73.9 cm³/mol. The van der Waals surface area contributed by atoms with Gasteiger partial charge in [0.05, 0.1) is 10.6 Å². The second kappa shape index (κ2) is 4.72. The van der Waals surface area contributed by atoms with Crippen LogP contribution in [0, 0.1) is 6.92 Å². The smallest absolute Gasteiger partial charge is 0.184 e. The van der Waals surface area contributed by atoms with Gasteiger partial charge < -0.3 is 0 Å². The van der Waals surface area contributed by atoms with Gasteiger partial charge in [0.1, 0.15) is 5.52 Å². The maximum Gasteiger partial charge on any atom is 0.184 e.